The van der Waals surface area contributed by atoms with Gasteiger partial charge in [-0.05, 0) is 14.1 Å². The number of likely N-dealkylation sites (N-methyl/N-ethyl adjacent to an activating group) is 1. The second-order valence-corrected chi connectivity index (χ2v) is 3.77. The van der Waals surface area contributed by atoms with Crippen molar-refractivity contribution in [2.75, 3.05) is 27.2 Å². The van der Waals surface area contributed by atoms with Gasteiger partial charge in [0.25, 0.3) is 0 Å². The fourth-order valence-corrected chi connectivity index (χ4v) is 1.26. The highest BCUT2D eigenvalue weighted by Gasteiger charge is 2.10. The molecule has 0 amide bonds. The van der Waals surface area contributed by atoms with Crippen molar-refractivity contribution in [3.63, 3.8) is 0 Å². The summed E-state index contributed by atoms with van der Waals surface area (Å²) in [5.41, 5.74) is 0.916. The SMILES string of the molecule is CN(C)CCNC(C#N)c1cnn(C)c1. The Morgan fingerprint density at radius 1 is 1.67 bits per heavy atom. The first kappa shape index (κ1) is 11.7. The standard InChI is InChI=1S/C10H17N5/c1-14(2)5-4-12-10(6-11)9-7-13-15(3)8-9/h7-8,10,12H,4-5H2,1-3H3. The smallest absolute Gasteiger partial charge is 0.124 e. The molecule has 0 spiro atoms. The highest BCUT2D eigenvalue weighted by Crippen LogP contribution is 2.09. The van der Waals surface area contributed by atoms with Crippen molar-refractivity contribution in [1.29, 1.82) is 5.26 Å². The van der Waals surface area contributed by atoms with Gasteiger partial charge in [-0.3, -0.25) is 10.00 Å². The van der Waals surface area contributed by atoms with Crippen LogP contribution in [0.1, 0.15) is 11.6 Å². The van der Waals surface area contributed by atoms with Crippen molar-refractivity contribution in [2.24, 2.45) is 7.05 Å². The molecule has 0 fully saturated rings. The molecule has 1 unspecified atom stereocenters. The summed E-state index contributed by atoms with van der Waals surface area (Å²) in [5.74, 6) is 0. The molecular weight excluding hydrogens is 190 g/mol. The molecule has 1 aromatic heterocycles. The Labute approximate surface area is 90.3 Å². The molecule has 0 saturated carbocycles. The number of nitrogens with zero attached hydrogens (tertiary/aromatic N) is 4. The molecule has 15 heavy (non-hydrogen) atoms. The van der Waals surface area contributed by atoms with Gasteiger partial charge < -0.3 is 4.90 Å². The second kappa shape index (κ2) is 5.49. The Balaban J connectivity index is 2.47. The maximum absolute atomic E-state index is 8.99. The van der Waals surface area contributed by atoms with Crippen molar-refractivity contribution in [3.8, 4) is 6.07 Å². The number of aromatic nitrogens is 2. The number of rotatable bonds is 5. The van der Waals surface area contributed by atoms with Crippen LogP contribution in [0.3, 0.4) is 0 Å². The summed E-state index contributed by atoms with van der Waals surface area (Å²) in [5, 5.41) is 16.2. The quantitative estimate of drug-likeness (QED) is 0.746. The summed E-state index contributed by atoms with van der Waals surface area (Å²) in [6, 6.07) is 1.96. The van der Waals surface area contributed by atoms with Gasteiger partial charge in [-0.1, -0.05) is 0 Å². The highest BCUT2D eigenvalue weighted by atomic mass is 15.2. The van der Waals surface area contributed by atoms with Crippen LogP contribution in [0.15, 0.2) is 12.4 Å². The average molecular weight is 207 g/mol. The lowest BCUT2D eigenvalue weighted by atomic mass is 10.2. The molecule has 1 atom stereocenters. The second-order valence-electron chi connectivity index (χ2n) is 3.77. The molecule has 1 aromatic rings. The Morgan fingerprint density at radius 3 is 2.87 bits per heavy atom. The summed E-state index contributed by atoms with van der Waals surface area (Å²) in [6.07, 6.45) is 3.58. The van der Waals surface area contributed by atoms with Crippen LogP contribution < -0.4 is 5.32 Å². The molecule has 5 heteroatoms. The summed E-state index contributed by atoms with van der Waals surface area (Å²) in [7, 11) is 5.86. The predicted octanol–water partition coefficient (Wildman–Crippen LogP) is 0.136. The zero-order chi connectivity index (χ0) is 11.3. The van der Waals surface area contributed by atoms with Gasteiger partial charge >= 0.3 is 0 Å². The number of hydrogen-bond acceptors (Lipinski definition) is 4. The van der Waals surface area contributed by atoms with E-state index in [2.05, 4.69) is 21.4 Å². The summed E-state index contributed by atoms with van der Waals surface area (Å²) in [6.45, 7) is 1.71. The Hall–Kier alpha value is -1.38. The summed E-state index contributed by atoms with van der Waals surface area (Å²) >= 11 is 0. The van der Waals surface area contributed by atoms with Crippen molar-refractivity contribution in [3.05, 3.63) is 18.0 Å². The van der Waals surface area contributed by atoms with Gasteiger partial charge in [-0.25, -0.2) is 0 Å². The lowest BCUT2D eigenvalue weighted by molar-refractivity contribution is 0.395. The van der Waals surface area contributed by atoms with Crippen molar-refractivity contribution in [2.45, 2.75) is 6.04 Å². The van der Waals surface area contributed by atoms with Crippen LogP contribution in [0, 0.1) is 11.3 Å². The molecule has 0 aromatic carbocycles. The minimum Gasteiger partial charge on any atom is -0.308 e. The first-order valence-corrected chi connectivity index (χ1v) is 4.89. The lowest BCUT2D eigenvalue weighted by Crippen LogP contribution is -2.29. The summed E-state index contributed by atoms with van der Waals surface area (Å²) < 4.78 is 1.70. The molecule has 0 aliphatic heterocycles. The number of nitriles is 1. The third-order valence-electron chi connectivity index (χ3n) is 2.09. The van der Waals surface area contributed by atoms with Crippen molar-refractivity contribution in [1.82, 2.24) is 20.0 Å². The number of hydrogen-bond donors (Lipinski definition) is 1. The van der Waals surface area contributed by atoms with E-state index in [-0.39, 0.29) is 6.04 Å². The Kier molecular flexibility index (Phi) is 4.28. The van der Waals surface area contributed by atoms with Gasteiger partial charge in [-0.15, -0.1) is 0 Å². The maximum Gasteiger partial charge on any atom is 0.124 e. The van der Waals surface area contributed by atoms with E-state index in [1.54, 1.807) is 10.9 Å². The van der Waals surface area contributed by atoms with Crippen LogP contribution in [0.2, 0.25) is 0 Å². The highest BCUT2D eigenvalue weighted by molar-refractivity contribution is 5.17. The first-order valence-electron chi connectivity index (χ1n) is 4.89. The first-order chi connectivity index (χ1) is 7.13. The van der Waals surface area contributed by atoms with Crippen LogP contribution in [0.25, 0.3) is 0 Å². The molecule has 0 saturated heterocycles. The fourth-order valence-electron chi connectivity index (χ4n) is 1.26. The third kappa shape index (κ3) is 3.70. The van der Waals surface area contributed by atoms with E-state index in [1.165, 1.54) is 0 Å². The zero-order valence-corrected chi connectivity index (χ0v) is 9.44. The average Bonchev–Trinajstić information content (AvgIpc) is 2.59. The van der Waals surface area contributed by atoms with E-state index in [0.29, 0.717) is 0 Å². The van der Waals surface area contributed by atoms with Crippen molar-refractivity contribution >= 4 is 0 Å². The third-order valence-corrected chi connectivity index (χ3v) is 2.09. The maximum atomic E-state index is 8.99. The molecule has 1 heterocycles. The monoisotopic (exact) mass is 207 g/mol. The molecule has 5 nitrogen and oxygen atoms in total. The van der Waals surface area contributed by atoms with E-state index in [1.807, 2.05) is 27.3 Å². The van der Waals surface area contributed by atoms with E-state index in [9.17, 15) is 0 Å². The number of nitrogens with one attached hydrogen (secondary N) is 1. The van der Waals surface area contributed by atoms with Gasteiger partial charge in [0.1, 0.15) is 6.04 Å². The van der Waals surface area contributed by atoms with Gasteiger partial charge in [0.05, 0.1) is 12.3 Å². The topological polar surface area (TPSA) is 56.9 Å². The van der Waals surface area contributed by atoms with E-state index in [4.69, 9.17) is 5.26 Å². The number of aryl methyl sites for hydroxylation is 1. The Morgan fingerprint density at radius 2 is 2.40 bits per heavy atom. The largest absolute Gasteiger partial charge is 0.308 e. The molecule has 0 aliphatic carbocycles. The molecule has 82 valence electrons. The van der Waals surface area contributed by atoms with Gasteiger partial charge in [0, 0.05) is 31.9 Å². The molecule has 0 bridgehead atoms. The Bertz CT molecular complexity index is 336. The van der Waals surface area contributed by atoms with Gasteiger partial charge in [-0.2, -0.15) is 10.4 Å². The molecule has 0 aliphatic rings. The van der Waals surface area contributed by atoms with Crippen LogP contribution in [-0.2, 0) is 7.05 Å². The van der Waals surface area contributed by atoms with Gasteiger partial charge in [0.15, 0.2) is 0 Å². The zero-order valence-electron chi connectivity index (χ0n) is 9.44. The van der Waals surface area contributed by atoms with Crippen molar-refractivity contribution < 1.29 is 0 Å². The molecule has 0 radical (unpaired) electrons. The minimum absolute atomic E-state index is 0.265. The van der Waals surface area contributed by atoms with Crippen LogP contribution in [-0.4, -0.2) is 41.9 Å². The van der Waals surface area contributed by atoms with Gasteiger partial charge in [0.2, 0.25) is 0 Å². The van der Waals surface area contributed by atoms with Crippen LogP contribution >= 0.6 is 0 Å². The molecule has 1 rings (SSSR count). The van der Waals surface area contributed by atoms with E-state index < -0.39 is 0 Å². The van der Waals surface area contributed by atoms with Crippen LogP contribution in [0.5, 0.6) is 0 Å². The summed E-state index contributed by atoms with van der Waals surface area (Å²) in [4.78, 5) is 2.07. The molecule has 1 N–H and O–H groups in total. The van der Waals surface area contributed by atoms with Crippen LogP contribution in [0.4, 0.5) is 0 Å². The lowest BCUT2D eigenvalue weighted by Gasteiger charge is -2.12. The minimum atomic E-state index is -0.265. The fraction of sp³-hybridized carbons (Fsp3) is 0.600. The molecular formula is C10H17N5. The van der Waals surface area contributed by atoms with E-state index in [0.717, 1.165) is 18.7 Å². The predicted molar refractivity (Wildman–Crippen MR) is 58.1 cm³/mol. The normalized spacial score (nSPS) is 12.7. The van der Waals surface area contributed by atoms with E-state index >= 15 is 0 Å².